The summed E-state index contributed by atoms with van der Waals surface area (Å²) in [4.78, 5) is 19.3. The topological polar surface area (TPSA) is 115 Å². The fourth-order valence-corrected chi connectivity index (χ4v) is 2.20. The van der Waals surface area contributed by atoms with E-state index in [4.69, 9.17) is 28.3 Å². The summed E-state index contributed by atoms with van der Waals surface area (Å²) in [5, 5.41) is 7.73. The quantitative estimate of drug-likeness (QED) is 0.877. The molecule has 0 aliphatic heterocycles. The lowest BCUT2D eigenvalue weighted by atomic mass is 10.3. The number of carbonyl (C=O) groups excluding carboxylic acids is 1. The van der Waals surface area contributed by atoms with Gasteiger partial charge < -0.3 is 5.32 Å². The van der Waals surface area contributed by atoms with Crippen LogP contribution in [0.5, 0.6) is 0 Å². The SMILES string of the molecule is NS(=O)(=O)c1ccc(Cl)c(NC(=O)c2cnc(Cl)cn2)c1. The lowest BCUT2D eigenvalue weighted by Crippen LogP contribution is -2.16. The van der Waals surface area contributed by atoms with Gasteiger partial charge in [0.05, 0.1) is 28.0 Å². The Morgan fingerprint density at radius 3 is 2.48 bits per heavy atom. The number of rotatable bonds is 3. The Morgan fingerprint density at radius 2 is 1.90 bits per heavy atom. The number of amides is 1. The van der Waals surface area contributed by atoms with Crippen LogP contribution in [0.25, 0.3) is 0 Å². The maximum absolute atomic E-state index is 11.9. The van der Waals surface area contributed by atoms with E-state index in [2.05, 4.69) is 15.3 Å². The zero-order valence-corrected chi connectivity index (χ0v) is 12.6. The molecule has 0 fully saturated rings. The van der Waals surface area contributed by atoms with Crippen molar-refractivity contribution in [2.24, 2.45) is 5.14 Å². The number of nitrogens with one attached hydrogen (secondary N) is 1. The van der Waals surface area contributed by atoms with Crippen LogP contribution in [0.1, 0.15) is 10.5 Å². The molecule has 1 heterocycles. The molecule has 0 saturated carbocycles. The van der Waals surface area contributed by atoms with Gasteiger partial charge in [-0.1, -0.05) is 23.2 Å². The molecule has 0 radical (unpaired) electrons. The first-order chi connectivity index (χ1) is 9.77. The summed E-state index contributed by atoms with van der Waals surface area (Å²) in [5.41, 5.74) is 0.0846. The zero-order chi connectivity index (χ0) is 15.6. The standard InChI is InChI=1S/C11H8Cl2N4O3S/c12-7-2-1-6(21(14,19)20)3-8(7)17-11(18)9-4-16-10(13)5-15-9/h1-5H,(H,17,18)(H2,14,19,20). The number of hydrogen-bond acceptors (Lipinski definition) is 5. The fraction of sp³-hybridized carbons (Fsp3) is 0. The highest BCUT2D eigenvalue weighted by Crippen LogP contribution is 2.25. The predicted octanol–water partition coefficient (Wildman–Crippen LogP) is 1.68. The van der Waals surface area contributed by atoms with Gasteiger partial charge in [0.15, 0.2) is 0 Å². The van der Waals surface area contributed by atoms with E-state index < -0.39 is 15.9 Å². The molecule has 0 atom stereocenters. The highest BCUT2D eigenvalue weighted by molar-refractivity contribution is 7.89. The van der Waals surface area contributed by atoms with Crippen molar-refractivity contribution < 1.29 is 13.2 Å². The third-order valence-corrected chi connectivity index (χ3v) is 3.80. The minimum Gasteiger partial charge on any atom is -0.319 e. The number of carbonyl (C=O) groups is 1. The molecule has 0 spiro atoms. The third kappa shape index (κ3) is 3.88. The van der Waals surface area contributed by atoms with Crippen molar-refractivity contribution in [3.05, 3.63) is 46.5 Å². The molecule has 1 aromatic carbocycles. The van der Waals surface area contributed by atoms with E-state index in [1.54, 1.807) is 0 Å². The zero-order valence-electron chi connectivity index (χ0n) is 10.2. The molecule has 2 aromatic rings. The molecule has 1 amide bonds. The molecule has 0 unspecified atom stereocenters. The van der Waals surface area contributed by atoms with Crippen LogP contribution in [0.15, 0.2) is 35.5 Å². The first kappa shape index (κ1) is 15.6. The Morgan fingerprint density at radius 1 is 1.19 bits per heavy atom. The number of hydrogen-bond donors (Lipinski definition) is 2. The van der Waals surface area contributed by atoms with E-state index in [0.29, 0.717) is 0 Å². The largest absolute Gasteiger partial charge is 0.319 e. The summed E-state index contributed by atoms with van der Waals surface area (Å²) in [7, 11) is -3.90. The smallest absolute Gasteiger partial charge is 0.275 e. The second-order valence-corrected chi connectivity index (χ2v) is 6.22. The maximum Gasteiger partial charge on any atom is 0.275 e. The predicted molar refractivity (Wildman–Crippen MR) is 77.8 cm³/mol. The second-order valence-electron chi connectivity index (χ2n) is 3.87. The lowest BCUT2D eigenvalue weighted by molar-refractivity contribution is 0.102. The number of anilines is 1. The van der Waals surface area contributed by atoms with Gasteiger partial charge in [-0.2, -0.15) is 0 Å². The van der Waals surface area contributed by atoms with Crippen LogP contribution in [0.3, 0.4) is 0 Å². The molecule has 1 aromatic heterocycles. The van der Waals surface area contributed by atoms with Gasteiger partial charge >= 0.3 is 0 Å². The number of halogens is 2. The van der Waals surface area contributed by atoms with E-state index in [1.165, 1.54) is 24.5 Å². The average molecular weight is 347 g/mol. The van der Waals surface area contributed by atoms with Crippen LogP contribution < -0.4 is 10.5 Å². The molecule has 110 valence electrons. The van der Waals surface area contributed by atoms with E-state index in [1.807, 2.05) is 0 Å². The molecule has 2 rings (SSSR count). The number of nitrogens with two attached hydrogens (primary N) is 1. The van der Waals surface area contributed by atoms with Crippen LogP contribution >= 0.6 is 23.2 Å². The van der Waals surface area contributed by atoms with Gasteiger partial charge in [-0.15, -0.1) is 0 Å². The van der Waals surface area contributed by atoms with E-state index in [0.717, 1.165) is 6.07 Å². The molecule has 10 heteroatoms. The summed E-state index contributed by atoms with van der Waals surface area (Å²) in [5.74, 6) is -0.618. The second kappa shape index (κ2) is 5.94. The molecule has 0 bridgehead atoms. The molecular formula is C11H8Cl2N4O3S. The van der Waals surface area contributed by atoms with Gasteiger partial charge in [-0.25, -0.2) is 23.5 Å². The molecule has 21 heavy (non-hydrogen) atoms. The summed E-state index contributed by atoms with van der Waals surface area (Å²) < 4.78 is 22.5. The third-order valence-electron chi connectivity index (χ3n) is 2.37. The van der Waals surface area contributed by atoms with E-state index in [-0.39, 0.29) is 26.5 Å². The van der Waals surface area contributed by atoms with Crippen LogP contribution in [-0.2, 0) is 10.0 Å². The maximum atomic E-state index is 11.9. The summed E-state index contributed by atoms with van der Waals surface area (Å²) in [6.45, 7) is 0. The first-order valence-corrected chi connectivity index (χ1v) is 7.69. The summed E-state index contributed by atoms with van der Waals surface area (Å²) in [6.07, 6.45) is 2.38. The average Bonchev–Trinajstić information content (AvgIpc) is 2.40. The van der Waals surface area contributed by atoms with Crippen molar-refractivity contribution in [2.45, 2.75) is 4.90 Å². The highest BCUT2D eigenvalue weighted by Gasteiger charge is 2.14. The van der Waals surface area contributed by atoms with Crippen molar-refractivity contribution in [3.63, 3.8) is 0 Å². The fourth-order valence-electron chi connectivity index (χ4n) is 1.39. The van der Waals surface area contributed by atoms with Crippen molar-refractivity contribution in [2.75, 3.05) is 5.32 Å². The van der Waals surface area contributed by atoms with Crippen LogP contribution in [0.2, 0.25) is 10.2 Å². The number of primary sulfonamides is 1. The molecular weight excluding hydrogens is 339 g/mol. The Hall–Kier alpha value is -1.74. The van der Waals surface area contributed by atoms with Crippen molar-refractivity contribution in [1.29, 1.82) is 0 Å². The Bertz CT molecular complexity index is 794. The molecule has 0 aliphatic carbocycles. The summed E-state index contributed by atoms with van der Waals surface area (Å²) in [6, 6.07) is 3.69. The highest BCUT2D eigenvalue weighted by atomic mass is 35.5. The van der Waals surface area contributed by atoms with Gasteiger partial charge in [0, 0.05) is 0 Å². The van der Waals surface area contributed by atoms with Crippen LogP contribution in [0, 0.1) is 0 Å². The van der Waals surface area contributed by atoms with Crippen molar-refractivity contribution >= 4 is 44.8 Å². The minimum absolute atomic E-state index is 0.00326. The Labute approximate surface area is 130 Å². The Balaban J connectivity index is 2.31. The molecule has 0 aliphatic rings. The molecule has 3 N–H and O–H groups in total. The van der Waals surface area contributed by atoms with Crippen LogP contribution in [-0.4, -0.2) is 24.3 Å². The summed E-state index contributed by atoms with van der Waals surface area (Å²) >= 11 is 11.5. The number of aromatic nitrogens is 2. The minimum atomic E-state index is -3.90. The van der Waals surface area contributed by atoms with Gasteiger partial charge in [0.25, 0.3) is 5.91 Å². The normalized spacial score (nSPS) is 11.2. The van der Waals surface area contributed by atoms with E-state index in [9.17, 15) is 13.2 Å². The van der Waals surface area contributed by atoms with Crippen molar-refractivity contribution in [1.82, 2.24) is 9.97 Å². The monoisotopic (exact) mass is 346 g/mol. The number of nitrogens with zero attached hydrogens (tertiary/aromatic N) is 2. The van der Waals surface area contributed by atoms with E-state index >= 15 is 0 Å². The molecule has 0 saturated heterocycles. The van der Waals surface area contributed by atoms with Crippen molar-refractivity contribution in [3.8, 4) is 0 Å². The lowest BCUT2D eigenvalue weighted by Gasteiger charge is -2.08. The van der Waals surface area contributed by atoms with Crippen LogP contribution in [0.4, 0.5) is 5.69 Å². The van der Waals surface area contributed by atoms with Gasteiger partial charge in [-0.05, 0) is 18.2 Å². The number of benzene rings is 1. The van der Waals surface area contributed by atoms with Gasteiger partial charge in [0.1, 0.15) is 10.8 Å². The van der Waals surface area contributed by atoms with Gasteiger partial charge in [0.2, 0.25) is 10.0 Å². The van der Waals surface area contributed by atoms with Gasteiger partial charge in [-0.3, -0.25) is 4.79 Å². The number of sulfonamides is 1. The Kier molecular flexibility index (Phi) is 4.43. The first-order valence-electron chi connectivity index (χ1n) is 5.38. The molecule has 7 nitrogen and oxygen atoms in total.